The van der Waals surface area contributed by atoms with Crippen LogP contribution in [0.15, 0.2) is 54.2 Å². The van der Waals surface area contributed by atoms with Crippen LogP contribution in [0, 0.1) is 11.6 Å². The summed E-state index contributed by atoms with van der Waals surface area (Å²) in [5.74, 6) is -1.60. The highest BCUT2D eigenvalue weighted by atomic mass is 32.1. The van der Waals surface area contributed by atoms with Crippen LogP contribution in [0.1, 0.15) is 23.0 Å². The molecule has 172 valence electrons. The number of fused-ring (bicyclic) bond motifs is 3. The number of rotatable bonds is 6. The number of hydrogen-bond acceptors (Lipinski definition) is 6. The van der Waals surface area contributed by atoms with Crippen molar-refractivity contribution < 1.29 is 23.0 Å². The van der Waals surface area contributed by atoms with Gasteiger partial charge in [0, 0.05) is 34.3 Å². The van der Waals surface area contributed by atoms with E-state index in [1.54, 1.807) is 29.3 Å². The van der Waals surface area contributed by atoms with Crippen molar-refractivity contribution in [3.63, 3.8) is 0 Å². The lowest BCUT2D eigenvalue weighted by molar-refractivity contribution is 0.0516. The van der Waals surface area contributed by atoms with Crippen LogP contribution in [-0.2, 0) is 11.3 Å². The molecule has 5 aromatic rings. The summed E-state index contributed by atoms with van der Waals surface area (Å²) in [5, 5.41) is 0.761. The number of benzene rings is 2. The minimum atomic E-state index is -0.698. The molecule has 5 rings (SSSR count). The number of thiazole rings is 1. The lowest BCUT2D eigenvalue weighted by Gasteiger charge is -2.13. The summed E-state index contributed by atoms with van der Waals surface area (Å²) in [4.78, 5) is 22.1. The molecule has 0 amide bonds. The van der Waals surface area contributed by atoms with Gasteiger partial charge < -0.3 is 14.0 Å². The second kappa shape index (κ2) is 8.83. The maximum absolute atomic E-state index is 14.7. The topological polar surface area (TPSA) is 66.2 Å². The minimum Gasteiger partial charge on any atom is -0.481 e. The summed E-state index contributed by atoms with van der Waals surface area (Å²) in [5.41, 5.74) is 4.81. The smallest absolute Gasteiger partial charge is 0.355 e. The average Bonchev–Trinajstić information content (AvgIpc) is 3.43. The molecule has 3 heterocycles. The summed E-state index contributed by atoms with van der Waals surface area (Å²) in [7, 11) is 1.51. The van der Waals surface area contributed by atoms with E-state index in [2.05, 4.69) is 9.97 Å². The Morgan fingerprint density at radius 1 is 1.15 bits per heavy atom. The zero-order valence-corrected chi connectivity index (χ0v) is 19.2. The molecular formula is C25H19F2N3O3S. The number of methoxy groups -OCH3 is 1. The van der Waals surface area contributed by atoms with E-state index >= 15 is 0 Å². The Labute approximate surface area is 197 Å². The number of aromatic nitrogens is 3. The average molecular weight is 480 g/mol. The van der Waals surface area contributed by atoms with Gasteiger partial charge in [0.15, 0.2) is 0 Å². The van der Waals surface area contributed by atoms with Gasteiger partial charge in [0.25, 0.3) is 0 Å². The maximum Gasteiger partial charge on any atom is 0.355 e. The lowest BCUT2D eigenvalue weighted by Crippen LogP contribution is -2.15. The van der Waals surface area contributed by atoms with Gasteiger partial charge in [-0.1, -0.05) is 6.07 Å². The third-order valence-electron chi connectivity index (χ3n) is 5.57. The van der Waals surface area contributed by atoms with E-state index in [1.165, 1.54) is 30.6 Å². The second-order valence-corrected chi connectivity index (χ2v) is 8.34. The number of carbonyl (C=O) groups excluding carboxylic acids is 1. The van der Waals surface area contributed by atoms with Gasteiger partial charge in [-0.3, -0.25) is 0 Å². The Balaban J connectivity index is 1.91. The molecule has 0 saturated heterocycles. The lowest BCUT2D eigenvalue weighted by atomic mass is 10.0. The summed E-state index contributed by atoms with van der Waals surface area (Å²) < 4.78 is 41.7. The predicted octanol–water partition coefficient (Wildman–Crippen LogP) is 5.82. The van der Waals surface area contributed by atoms with Crippen molar-refractivity contribution in [2.45, 2.75) is 13.5 Å². The van der Waals surface area contributed by atoms with E-state index in [1.807, 2.05) is 18.2 Å². The third-order valence-corrected chi connectivity index (χ3v) is 6.43. The molecule has 0 unspecified atom stereocenters. The SMILES string of the molecule is CCOC(=O)c1c(-c2cccnc2OC)c2c3scnc3ccc2n1Cc1ccc(F)cc1F. The highest BCUT2D eigenvalue weighted by molar-refractivity contribution is 7.17. The van der Waals surface area contributed by atoms with Crippen LogP contribution in [0.4, 0.5) is 8.78 Å². The fourth-order valence-electron chi connectivity index (χ4n) is 4.16. The van der Waals surface area contributed by atoms with Gasteiger partial charge in [-0.2, -0.15) is 0 Å². The number of esters is 1. The molecule has 0 N–H and O–H groups in total. The van der Waals surface area contributed by atoms with Gasteiger partial charge in [-0.25, -0.2) is 23.5 Å². The van der Waals surface area contributed by atoms with E-state index in [9.17, 15) is 13.6 Å². The molecule has 0 aliphatic carbocycles. The Morgan fingerprint density at radius 3 is 2.76 bits per heavy atom. The molecule has 3 aromatic heterocycles. The van der Waals surface area contributed by atoms with Crippen molar-refractivity contribution in [3.8, 4) is 17.0 Å². The van der Waals surface area contributed by atoms with Crippen LogP contribution in [-0.4, -0.2) is 34.2 Å². The fourth-order valence-corrected chi connectivity index (χ4v) is 5.00. The third kappa shape index (κ3) is 3.58. The molecule has 0 atom stereocenters. The molecule has 6 nitrogen and oxygen atoms in total. The molecule has 9 heteroatoms. The Kier molecular flexibility index (Phi) is 5.70. The molecule has 0 saturated carbocycles. The molecular weight excluding hydrogens is 460 g/mol. The van der Waals surface area contributed by atoms with Crippen molar-refractivity contribution in [2.24, 2.45) is 0 Å². The molecule has 0 aliphatic rings. The van der Waals surface area contributed by atoms with Crippen LogP contribution in [0.3, 0.4) is 0 Å². The van der Waals surface area contributed by atoms with Crippen LogP contribution in [0.5, 0.6) is 5.88 Å². The van der Waals surface area contributed by atoms with Gasteiger partial charge in [0.1, 0.15) is 17.3 Å². The maximum atomic E-state index is 14.7. The van der Waals surface area contributed by atoms with Crippen LogP contribution in [0.2, 0.25) is 0 Å². The van der Waals surface area contributed by atoms with E-state index in [-0.39, 0.29) is 24.4 Å². The molecule has 2 aromatic carbocycles. The number of halogens is 2. The number of ether oxygens (including phenoxy) is 2. The van der Waals surface area contributed by atoms with E-state index in [0.717, 1.165) is 21.7 Å². The van der Waals surface area contributed by atoms with Crippen LogP contribution < -0.4 is 4.74 Å². The summed E-state index contributed by atoms with van der Waals surface area (Å²) >= 11 is 1.44. The van der Waals surface area contributed by atoms with Crippen molar-refractivity contribution in [1.82, 2.24) is 14.5 Å². The molecule has 0 spiro atoms. The summed E-state index contributed by atoms with van der Waals surface area (Å²) in [6, 6.07) is 10.7. The molecule has 0 fully saturated rings. The normalized spacial score (nSPS) is 11.3. The van der Waals surface area contributed by atoms with Crippen molar-refractivity contribution in [3.05, 3.63) is 77.1 Å². The van der Waals surface area contributed by atoms with Gasteiger partial charge in [0.05, 0.1) is 41.5 Å². The standard InChI is InChI=1S/C25H19F2N3O3S/c1-3-33-25(31)22-20(16-5-4-10-28-24(16)32-2)21-19(9-8-18-23(21)34-13-29-18)30(22)12-14-6-7-15(26)11-17(14)27/h4-11,13H,3,12H2,1-2H3. The zero-order valence-electron chi connectivity index (χ0n) is 18.3. The first kappa shape index (κ1) is 22.0. The molecule has 0 aliphatic heterocycles. The number of pyridine rings is 1. The minimum absolute atomic E-state index is 0.0103. The van der Waals surface area contributed by atoms with Gasteiger partial charge in [-0.15, -0.1) is 11.3 Å². The fraction of sp³-hybridized carbons (Fsp3) is 0.160. The molecule has 0 radical (unpaired) electrons. The zero-order chi connectivity index (χ0) is 23.8. The van der Waals surface area contributed by atoms with Crippen LogP contribution >= 0.6 is 11.3 Å². The summed E-state index contributed by atoms with van der Waals surface area (Å²) in [6.07, 6.45) is 1.60. The molecule has 0 bridgehead atoms. The van der Waals surface area contributed by atoms with Gasteiger partial charge >= 0.3 is 5.97 Å². The van der Waals surface area contributed by atoms with Gasteiger partial charge in [-0.05, 0) is 37.3 Å². The van der Waals surface area contributed by atoms with Crippen molar-refractivity contribution >= 4 is 38.4 Å². The number of hydrogen-bond donors (Lipinski definition) is 0. The van der Waals surface area contributed by atoms with Gasteiger partial charge in [0.2, 0.25) is 5.88 Å². The van der Waals surface area contributed by atoms with Crippen molar-refractivity contribution in [2.75, 3.05) is 13.7 Å². The highest BCUT2D eigenvalue weighted by Gasteiger charge is 2.29. The first-order chi connectivity index (χ1) is 16.5. The predicted molar refractivity (Wildman–Crippen MR) is 126 cm³/mol. The Morgan fingerprint density at radius 2 is 2.00 bits per heavy atom. The van der Waals surface area contributed by atoms with E-state index in [0.29, 0.717) is 22.5 Å². The van der Waals surface area contributed by atoms with Crippen LogP contribution in [0.25, 0.3) is 32.2 Å². The van der Waals surface area contributed by atoms with E-state index in [4.69, 9.17) is 9.47 Å². The highest BCUT2D eigenvalue weighted by Crippen LogP contribution is 2.43. The largest absolute Gasteiger partial charge is 0.481 e. The van der Waals surface area contributed by atoms with Crippen molar-refractivity contribution in [1.29, 1.82) is 0 Å². The molecule has 34 heavy (non-hydrogen) atoms. The number of nitrogens with zero attached hydrogens (tertiary/aromatic N) is 3. The Bertz CT molecular complexity index is 1540. The first-order valence-corrected chi connectivity index (χ1v) is 11.4. The quantitative estimate of drug-likeness (QED) is 0.287. The monoisotopic (exact) mass is 479 g/mol. The second-order valence-electron chi connectivity index (χ2n) is 7.49. The first-order valence-electron chi connectivity index (χ1n) is 10.5. The number of carbonyl (C=O) groups is 1. The Hall–Kier alpha value is -3.85. The summed E-state index contributed by atoms with van der Waals surface area (Å²) in [6.45, 7) is 1.87. The van der Waals surface area contributed by atoms with E-state index < -0.39 is 17.6 Å².